The molecule has 0 aliphatic rings. The van der Waals surface area contributed by atoms with Gasteiger partial charge in [-0.15, -0.1) is 0 Å². The summed E-state index contributed by atoms with van der Waals surface area (Å²) in [5.74, 6) is 1.76. The zero-order chi connectivity index (χ0) is 20.9. The van der Waals surface area contributed by atoms with Crippen LogP contribution >= 0.6 is 0 Å². The molecule has 30 heavy (non-hydrogen) atoms. The number of methoxy groups -OCH3 is 2. The van der Waals surface area contributed by atoms with Crippen LogP contribution in [0.2, 0.25) is 0 Å². The van der Waals surface area contributed by atoms with Crippen LogP contribution in [0.4, 0.5) is 0 Å². The molecule has 0 amide bonds. The first-order valence-electron chi connectivity index (χ1n) is 9.40. The number of carbonyl (C=O) groups excluding carboxylic acids is 1. The fraction of sp³-hybridized carbons (Fsp3) is 0.174. The average Bonchev–Trinajstić information content (AvgIpc) is 3.21. The Kier molecular flexibility index (Phi) is 5.61. The van der Waals surface area contributed by atoms with E-state index in [-0.39, 0.29) is 12.4 Å². The van der Waals surface area contributed by atoms with Crippen LogP contribution in [0.15, 0.2) is 65.2 Å². The molecule has 0 aliphatic heterocycles. The van der Waals surface area contributed by atoms with Crippen molar-refractivity contribution in [1.82, 2.24) is 9.97 Å². The number of aryl methyl sites for hydroxylation is 1. The summed E-state index contributed by atoms with van der Waals surface area (Å²) in [6.45, 7) is 0. The van der Waals surface area contributed by atoms with Gasteiger partial charge in [-0.25, -0.2) is 4.98 Å². The van der Waals surface area contributed by atoms with E-state index in [9.17, 15) is 4.79 Å². The number of aromatic nitrogens is 2. The number of pyridine rings is 1. The summed E-state index contributed by atoms with van der Waals surface area (Å²) in [4.78, 5) is 20.9. The van der Waals surface area contributed by atoms with Crippen molar-refractivity contribution in [2.24, 2.45) is 0 Å². The molecule has 0 fully saturated rings. The Hall–Kier alpha value is -3.87. The molecule has 0 radical (unpaired) electrons. The summed E-state index contributed by atoms with van der Waals surface area (Å²) in [7, 11) is 3.16. The summed E-state index contributed by atoms with van der Waals surface area (Å²) in [5.41, 5.74) is 2.79. The van der Waals surface area contributed by atoms with E-state index >= 15 is 0 Å². The Balaban J connectivity index is 1.42. The van der Waals surface area contributed by atoms with E-state index in [0.29, 0.717) is 46.4 Å². The first kappa shape index (κ1) is 19.4. The maximum absolute atomic E-state index is 12.3. The van der Waals surface area contributed by atoms with Crippen molar-refractivity contribution in [3.63, 3.8) is 0 Å². The van der Waals surface area contributed by atoms with Gasteiger partial charge in [0.1, 0.15) is 17.0 Å². The zero-order valence-corrected chi connectivity index (χ0v) is 16.6. The third-order valence-electron chi connectivity index (χ3n) is 4.54. The van der Waals surface area contributed by atoms with Crippen LogP contribution < -0.4 is 14.2 Å². The van der Waals surface area contributed by atoms with Crippen molar-refractivity contribution in [3.8, 4) is 28.8 Å². The third kappa shape index (κ3) is 4.25. The molecule has 0 unspecified atom stereocenters. The van der Waals surface area contributed by atoms with Gasteiger partial charge in [0.05, 0.1) is 14.2 Å². The second kappa shape index (κ2) is 8.65. The molecular weight excluding hydrogens is 384 g/mol. The summed E-state index contributed by atoms with van der Waals surface area (Å²) in [6, 6.07) is 16.2. The topological polar surface area (TPSA) is 83.7 Å². The van der Waals surface area contributed by atoms with E-state index in [2.05, 4.69) is 9.97 Å². The van der Waals surface area contributed by atoms with Crippen molar-refractivity contribution < 1.29 is 23.4 Å². The number of benzene rings is 2. The number of rotatable bonds is 7. The van der Waals surface area contributed by atoms with Crippen molar-refractivity contribution in [2.45, 2.75) is 12.8 Å². The highest BCUT2D eigenvalue weighted by Crippen LogP contribution is 2.29. The van der Waals surface area contributed by atoms with Crippen LogP contribution in [-0.4, -0.2) is 30.2 Å². The molecule has 7 nitrogen and oxygen atoms in total. The standard InChI is InChI=1S/C23H20N2O5/c1-27-19-10-6-15(13-21(19)28-2)7-11-22(26)29-16-8-9-17-20(14-16)30-23(25-17)18-5-3-4-12-24-18/h3-6,8-10,12-14H,7,11H2,1-2H3. The first-order chi connectivity index (χ1) is 14.7. The number of hydrogen-bond acceptors (Lipinski definition) is 7. The molecule has 0 saturated carbocycles. The van der Waals surface area contributed by atoms with Gasteiger partial charge in [0.2, 0.25) is 5.89 Å². The van der Waals surface area contributed by atoms with Gasteiger partial charge in [-0.05, 0) is 48.4 Å². The van der Waals surface area contributed by atoms with E-state index in [1.54, 1.807) is 38.6 Å². The monoisotopic (exact) mass is 404 g/mol. The van der Waals surface area contributed by atoms with Gasteiger partial charge in [0.15, 0.2) is 17.1 Å². The minimum atomic E-state index is -0.339. The summed E-state index contributed by atoms with van der Waals surface area (Å²) >= 11 is 0. The predicted octanol–water partition coefficient (Wildman–Crippen LogP) is 4.45. The lowest BCUT2D eigenvalue weighted by Crippen LogP contribution is -2.09. The Morgan fingerprint density at radius 3 is 2.63 bits per heavy atom. The molecule has 2 heterocycles. The molecule has 4 aromatic rings. The zero-order valence-electron chi connectivity index (χ0n) is 16.6. The van der Waals surface area contributed by atoms with Gasteiger partial charge in [-0.1, -0.05) is 12.1 Å². The van der Waals surface area contributed by atoms with Crippen LogP contribution in [0.5, 0.6) is 17.2 Å². The highest BCUT2D eigenvalue weighted by atomic mass is 16.5. The number of ether oxygens (including phenoxy) is 3. The molecule has 0 spiro atoms. The van der Waals surface area contributed by atoms with Gasteiger partial charge in [0, 0.05) is 18.7 Å². The first-order valence-corrected chi connectivity index (χ1v) is 9.40. The maximum atomic E-state index is 12.3. The van der Waals surface area contributed by atoms with Crippen LogP contribution in [-0.2, 0) is 11.2 Å². The molecule has 0 aliphatic carbocycles. The number of esters is 1. The van der Waals surface area contributed by atoms with E-state index in [1.807, 2.05) is 36.4 Å². The number of carbonyl (C=O) groups is 1. The maximum Gasteiger partial charge on any atom is 0.311 e. The molecular formula is C23H20N2O5. The van der Waals surface area contributed by atoms with E-state index < -0.39 is 0 Å². The molecule has 152 valence electrons. The minimum Gasteiger partial charge on any atom is -0.493 e. The quantitative estimate of drug-likeness (QED) is 0.332. The lowest BCUT2D eigenvalue weighted by atomic mass is 10.1. The van der Waals surface area contributed by atoms with E-state index in [0.717, 1.165) is 5.56 Å². The molecule has 0 bridgehead atoms. The Morgan fingerprint density at radius 2 is 1.87 bits per heavy atom. The van der Waals surface area contributed by atoms with Gasteiger partial charge in [0.25, 0.3) is 0 Å². The van der Waals surface area contributed by atoms with Crippen LogP contribution in [0.25, 0.3) is 22.7 Å². The van der Waals surface area contributed by atoms with Crippen molar-refractivity contribution in [2.75, 3.05) is 14.2 Å². The fourth-order valence-electron chi connectivity index (χ4n) is 3.03. The highest BCUT2D eigenvalue weighted by Gasteiger charge is 2.12. The molecule has 0 atom stereocenters. The number of oxazole rings is 1. The number of fused-ring (bicyclic) bond motifs is 1. The lowest BCUT2D eigenvalue weighted by Gasteiger charge is -2.09. The summed E-state index contributed by atoms with van der Waals surface area (Å²) < 4.78 is 21.7. The SMILES string of the molecule is COc1ccc(CCC(=O)Oc2ccc3nc(-c4ccccn4)oc3c2)cc1OC. The third-order valence-corrected chi connectivity index (χ3v) is 4.54. The molecule has 0 saturated heterocycles. The van der Waals surface area contributed by atoms with Crippen molar-refractivity contribution >= 4 is 17.1 Å². The smallest absolute Gasteiger partial charge is 0.311 e. The van der Waals surface area contributed by atoms with Crippen molar-refractivity contribution in [3.05, 3.63) is 66.4 Å². The fourth-order valence-corrected chi connectivity index (χ4v) is 3.03. The Morgan fingerprint density at radius 1 is 1.00 bits per heavy atom. The van der Waals surface area contributed by atoms with Crippen LogP contribution in [0, 0.1) is 0 Å². The summed E-state index contributed by atoms with van der Waals surface area (Å²) in [5, 5.41) is 0. The Labute approximate surface area is 173 Å². The minimum absolute atomic E-state index is 0.225. The van der Waals surface area contributed by atoms with E-state index in [4.69, 9.17) is 18.6 Å². The van der Waals surface area contributed by atoms with Crippen LogP contribution in [0.3, 0.4) is 0 Å². The lowest BCUT2D eigenvalue weighted by molar-refractivity contribution is -0.134. The highest BCUT2D eigenvalue weighted by molar-refractivity contribution is 5.79. The molecule has 7 heteroatoms. The second-order valence-electron chi connectivity index (χ2n) is 6.53. The summed E-state index contributed by atoms with van der Waals surface area (Å²) in [6.07, 6.45) is 2.42. The molecule has 2 aromatic heterocycles. The van der Waals surface area contributed by atoms with Gasteiger partial charge in [-0.3, -0.25) is 9.78 Å². The van der Waals surface area contributed by atoms with Gasteiger partial charge >= 0.3 is 5.97 Å². The average molecular weight is 404 g/mol. The molecule has 0 N–H and O–H groups in total. The largest absolute Gasteiger partial charge is 0.493 e. The van der Waals surface area contributed by atoms with Gasteiger partial charge < -0.3 is 18.6 Å². The van der Waals surface area contributed by atoms with Crippen molar-refractivity contribution in [1.29, 1.82) is 0 Å². The molecule has 2 aromatic carbocycles. The van der Waals surface area contributed by atoms with Gasteiger partial charge in [-0.2, -0.15) is 0 Å². The normalized spacial score (nSPS) is 10.7. The number of nitrogens with zero attached hydrogens (tertiary/aromatic N) is 2. The second-order valence-corrected chi connectivity index (χ2v) is 6.53. The predicted molar refractivity (Wildman–Crippen MR) is 111 cm³/mol. The number of hydrogen-bond donors (Lipinski definition) is 0. The van der Waals surface area contributed by atoms with Crippen LogP contribution in [0.1, 0.15) is 12.0 Å². The Bertz CT molecular complexity index is 1170. The van der Waals surface area contributed by atoms with E-state index in [1.165, 1.54) is 0 Å². The molecule has 4 rings (SSSR count).